The van der Waals surface area contributed by atoms with Crippen LogP contribution in [0.3, 0.4) is 0 Å². The van der Waals surface area contributed by atoms with E-state index in [0.29, 0.717) is 34.5 Å². The summed E-state index contributed by atoms with van der Waals surface area (Å²) in [6.07, 6.45) is 0. The molecule has 3 heterocycles. The number of aromatic nitrogens is 4. The molecule has 0 N–H and O–H groups in total. The molecule has 50 heavy (non-hydrogen) atoms. The van der Waals surface area contributed by atoms with E-state index in [-0.39, 0.29) is 0 Å². The number of nitrogens with zero attached hydrogens (tertiary/aromatic N) is 4. The van der Waals surface area contributed by atoms with Crippen molar-refractivity contribution >= 4 is 43.8 Å². The van der Waals surface area contributed by atoms with Gasteiger partial charge in [0.25, 0.3) is 0 Å². The van der Waals surface area contributed by atoms with Crippen LogP contribution in [-0.4, -0.2) is 19.9 Å². The highest BCUT2D eigenvalue weighted by molar-refractivity contribution is 6.13. The summed E-state index contributed by atoms with van der Waals surface area (Å²) in [5.74, 6) is 2.43. The van der Waals surface area contributed by atoms with Gasteiger partial charge in [-0.25, -0.2) is 19.9 Å². The number of hydrogen-bond acceptors (Lipinski definition) is 6. The molecule has 6 heteroatoms. The van der Waals surface area contributed by atoms with Crippen LogP contribution in [0.5, 0.6) is 0 Å². The highest BCUT2D eigenvalue weighted by Gasteiger charge is 2.19. The molecule has 0 aliphatic heterocycles. The lowest BCUT2D eigenvalue weighted by Crippen LogP contribution is -2.00. The number of rotatable bonds is 5. The third-order valence-corrected chi connectivity index (χ3v) is 9.19. The summed E-state index contributed by atoms with van der Waals surface area (Å²) in [4.78, 5) is 19.8. The lowest BCUT2D eigenvalue weighted by atomic mass is 9.94. The zero-order chi connectivity index (χ0) is 33.0. The molecular formula is C44H26N4O2. The van der Waals surface area contributed by atoms with E-state index in [0.717, 1.165) is 66.0 Å². The van der Waals surface area contributed by atoms with Crippen LogP contribution in [0.1, 0.15) is 0 Å². The molecule has 7 aromatic carbocycles. The standard InChI is InChI=1S/C44H26N4O2/c1-3-12-27(13-4-1)41-46-42(28-14-5-2-6-15-28)48-43(47-41)36-23-22-31(32-18-7-8-19-33(32)36)29-16-11-17-30(26-29)44-45-37-25-24-35-34-20-9-10-21-38(34)49-39(35)40(37)50-44/h1-26H. The van der Waals surface area contributed by atoms with Crippen LogP contribution in [-0.2, 0) is 0 Å². The van der Waals surface area contributed by atoms with E-state index in [9.17, 15) is 0 Å². The lowest BCUT2D eigenvalue weighted by Gasteiger charge is -2.13. The molecule has 0 bridgehead atoms. The van der Waals surface area contributed by atoms with Gasteiger partial charge in [-0.15, -0.1) is 0 Å². The maximum atomic E-state index is 6.42. The van der Waals surface area contributed by atoms with Crippen molar-refractivity contribution in [3.63, 3.8) is 0 Å². The second-order valence-electron chi connectivity index (χ2n) is 12.2. The second-order valence-corrected chi connectivity index (χ2v) is 12.2. The van der Waals surface area contributed by atoms with Crippen LogP contribution in [0.25, 0.3) is 101 Å². The fourth-order valence-electron chi connectivity index (χ4n) is 6.79. The number of furan rings is 1. The smallest absolute Gasteiger partial charge is 0.227 e. The Balaban J connectivity index is 1.10. The van der Waals surface area contributed by atoms with Crippen LogP contribution < -0.4 is 0 Å². The van der Waals surface area contributed by atoms with Gasteiger partial charge in [0.15, 0.2) is 28.6 Å². The van der Waals surface area contributed by atoms with Gasteiger partial charge >= 0.3 is 0 Å². The number of fused-ring (bicyclic) bond motifs is 6. The molecule has 0 aliphatic rings. The topological polar surface area (TPSA) is 77.8 Å². The van der Waals surface area contributed by atoms with Crippen molar-refractivity contribution < 1.29 is 8.83 Å². The maximum Gasteiger partial charge on any atom is 0.227 e. The highest BCUT2D eigenvalue weighted by Crippen LogP contribution is 2.39. The van der Waals surface area contributed by atoms with E-state index in [4.69, 9.17) is 28.8 Å². The minimum atomic E-state index is 0.544. The fourth-order valence-corrected chi connectivity index (χ4v) is 6.79. The molecule has 0 saturated heterocycles. The largest absolute Gasteiger partial charge is 0.452 e. The molecule has 0 aliphatic carbocycles. The summed E-state index contributed by atoms with van der Waals surface area (Å²) >= 11 is 0. The van der Waals surface area contributed by atoms with Gasteiger partial charge in [-0.1, -0.05) is 121 Å². The van der Waals surface area contributed by atoms with Gasteiger partial charge in [-0.3, -0.25) is 0 Å². The first-order chi connectivity index (χ1) is 24.8. The number of oxazole rings is 1. The normalized spacial score (nSPS) is 11.6. The molecule has 0 radical (unpaired) electrons. The Morgan fingerprint density at radius 3 is 1.66 bits per heavy atom. The van der Waals surface area contributed by atoms with Gasteiger partial charge in [-0.2, -0.15) is 0 Å². The van der Waals surface area contributed by atoms with Crippen LogP contribution in [0.4, 0.5) is 0 Å². The fraction of sp³-hybridized carbons (Fsp3) is 0. The minimum absolute atomic E-state index is 0.544. The molecule has 3 aromatic heterocycles. The molecule has 0 atom stereocenters. The van der Waals surface area contributed by atoms with E-state index in [1.54, 1.807) is 0 Å². The summed E-state index contributed by atoms with van der Waals surface area (Å²) < 4.78 is 12.6. The van der Waals surface area contributed by atoms with Crippen LogP contribution in [0.15, 0.2) is 167 Å². The van der Waals surface area contributed by atoms with E-state index in [1.165, 1.54) is 0 Å². The second kappa shape index (κ2) is 11.4. The monoisotopic (exact) mass is 642 g/mol. The Hall–Kier alpha value is -6.92. The Labute approximate surface area is 286 Å². The zero-order valence-corrected chi connectivity index (χ0v) is 26.6. The van der Waals surface area contributed by atoms with Gasteiger partial charge in [0.05, 0.1) is 0 Å². The summed E-state index contributed by atoms with van der Waals surface area (Å²) in [7, 11) is 0. The van der Waals surface area contributed by atoms with Crippen molar-refractivity contribution in [1.29, 1.82) is 0 Å². The molecule has 6 nitrogen and oxygen atoms in total. The maximum absolute atomic E-state index is 6.42. The summed E-state index contributed by atoms with van der Waals surface area (Å²) in [6, 6.07) is 53.2. The predicted octanol–water partition coefficient (Wildman–Crippen LogP) is 11.4. The van der Waals surface area contributed by atoms with Gasteiger partial charge in [0, 0.05) is 33.0 Å². The summed E-state index contributed by atoms with van der Waals surface area (Å²) in [5, 5.41) is 4.21. The highest BCUT2D eigenvalue weighted by atomic mass is 16.4. The van der Waals surface area contributed by atoms with Crippen LogP contribution >= 0.6 is 0 Å². The quantitative estimate of drug-likeness (QED) is 0.186. The molecule has 0 saturated carbocycles. The Morgan fingerprint density at radius 2 is 0.920 bits per heavy atom. The number of benzene rings is 7. The Bertz CT molecular complexity index is 2820. The molecular weight excluding hydrogens is 617 g/mol. The third kappa shape index (κ3) is 4.65. The number of hydrogen-bond donors (Lipinski definition) is 0. The van der Waals surface area contributed by atoms with Crippen molar-refractivity contribution in [2.75, 3.05) is 0 Å². The molecule has 10 aromatic rings. The Morgan fingerprint density at radius 1 is 0.340 bits per heavy atom. The van der Waals surface area contributed by atoms with E-state index < -0.39 is 0 Å². The van der Waals surface area contributed by atoms with Gasteiger partial charge in [-0.05, 0) is 58.3 Å². The van der Waals surface area contributed by atoms with E-state index in [2.05, 4.69) is 60.7 Å². The molecule has 0 amide bonds. The van der Waals surface area contributed by atoms with Crippen LogP contribution in [0, 0.1) is 0 Å². The SMILES string of the molecule is c1ccc(-c2nc(-c3ccccc3)nc(-c3ccc(-c4cccc(-c5nc6ccc7c8ccccc8oc7c6o5)c4)c4ccccc34)n2)cc1. The lowest BCUT2D eigenvalue weighted by molar-refractivity contribution is 0.603. The zero-order valence-electron chi connectivity index (χ0n) is 26.6. The first-order valence-electron chi connectivity index (χ1n) is 16.5. The van der Waals surface area contributed by atoms with Crippen molar-refractivity contribution in [2.45, 2.75) is 0 Å². The summed E-state index contributed by atoms with van der Waals surface area (Å²) in [5.41, 5.74) is 8.77. The Kier molecular flexibility index (Phi) is 6.39. The number of para-hydroxylation sites is 1. The molecule has 10 rings (SSSR count). The molecule has 234 valence electrons. The van der Waals surface area contributed by atoms with E-state index >= 15 is 0 Å². The molecule has 0 fully saturated rings. The summed E-state index contributed by atoms with van der Waals surface area (Å²) in [6.45, 7) is 0. The van der Waals surface area contributed by atoms with Crippen molar-refractivity contribution in [1.82, 2.24) is 19.9 Å². The third-order valence-electron chi connectivity index (χ3n) is 9.19. The van der Waals surface area contributed by atoms with Gasteiger partial charge in [0.2, 0.25) is 5.89 Å². The van der Waals surface area contributed by atoms with Gasteiger partial charge in [0.1, 0.15) is 11.1 Å². The van der Waals surface area contributed by atoms with E-state index in [1.807, 2.05) is 97.1 Å². The van der Waals surface area contributed by atoms with Crippen LogP contribution in [0.2, 0.25) is 0 Å². The van der Waals surface area contributed by atoms with Gasteiger partial charge < -0.3 is 8.83 Å². The predicted molar refractivity (Wildman–Crippen MR) is 199 cm³/mol. The first-order valence-corrected chi connectivity index (χ1v) is 16.5. The molecule has 0 unspecified atom stereocenters. The van der Waals surface area contributed by atoms with Crippen molar-refractivity contribution in [2.24, 2.45) is 0 Å². The average Bonchev–Trinajstić information content (AvgIpc) is 3.80. The molecule has 0 spiro atoms. The first kappa shape index (κ1) is 28.1. The van der Waals surface area contributed by atoms with Crippen molar-refractivity contribution in [3.8, 4) is 56.7 Å². The van der Waals surface area contributed by atoms with Crippen molar-refractivity contribution in [3.05, 3.63) is 158 Å². The average molecular weight is 643 g/mol. The minimum Gasteiger partial charge on any atom is -0.452 e.